The molecule has 2 aromatic rings. The largest absolute Gasteiger partial charge is 0.496 e. The second-order valence-electron chi connectivity index (χ2n) is 6.77. The Balaban J connectivity index is 2.26. The van der Waals surface area contributed by atoms with Gasteiger partial charge in [-0.15, -0.1) is 0 Å². The average molecular weight is 405 g/mol. The van der Waals surface area contributed by atoms with Crippen LogP contribution in [0.5, 0.6) is 5.75 Å². The van der Waals surface area contributed by atoms with E-state index in [-0.39, 0.29) is 11.9 Å². The van der Waals surface area contributed by atoms with Gasteiger partial charge in [0.2, 0.25) is 15.9 Å². The van der Waals surface area contributed by atoms with E-state index in [0.29, 0.717) is 12.1 Å². The van der Waals surface area contributed by atoms with Crippen molar-refractivity contribution in [3.63, 3.8) is 0 Å². The van der Waals surface area contributed by atoms with Gasteiger partial charge in [0.1, 0.15) is 11.8 Å². The van der Waals surface area contributed by atoms with Crippen molar-refractivity contribution in [3.05, 3.63) is 59.7 Å². The Morgan fingerprint density at radius 3 is 2.32 bits per heavy atom. The number of carbonyl (C=O) groups excluding carboxylic acids is 1. The Morgan fingerprint density at radius 1 is 1.18 bits per heavy atom. The van der Waals surface area contributed by atoms with E-state index in [1.807, 2.05) is 32.0 Å². The molecule has 0 fully saturated rings. The van der Waals surface area contributed by atoms with E-state index < -0.39 is 16.1 Å². The molecular formula is C21H28N2O4S. The summed E-state index contributed by atoms with van der Waals surface area (Å²) in [6.45, 7) is 5.51. The SMILES string of the molecule is CCC(NC(=O)C(C)N(c1ccccc1)S(C)(=O)=O)c1ccc(OC)c(C)c1. The number of hydrogen-bond donors (Lipinski definition) is 1. The van der Waals surface area contributed by atoms with Crippen molar-refractivity contribution in [2.45, 2.75) is 39.3 Å². The van der Waals surface area contributed by atoms with E-state index in [0.717, 1.165) is 27.4 Å². The van der Waals surface area contributed by atoms with E-state index in [1.54, 1.807) is 44.4 Å². The van der Waals surface area contributed by atoms with Crippen molar-refractivity contribution >= 4 is 21.6 Å². The summed E-state index contributed by atoms with van der Waals surface area (Å²) in [6.07, 6.45) is 1.78. The summed E-state index contributed by atoms with van der Waals surface area (Å²) in [7, 11) is -2.01. The van der Waals surface area contributed by atoms with Gasteiger partial charge in [-0.3, -0.25) is 9.10 Å². The maximum atomic E-state index is 12.9. The van der Waals surface area contributed by atoms with Crippen LogP contribution in [0.4, 0.5) is 5.69 Å². The summed E-state index contributed by atoms with van der Waals surface area (Å²) in [5.41, 5.74) is 2.38. The van der Waals surface area contributed by atoms with Crippen LogP contribution in [0.15, 0.2) is 48.5 Å². The minimum Gasteiger partial charge on any atom is -0.496 e. The number of benzene rings is 2. The van der Waals surface area contributed by atoms with Crippen molar-refractivity contribution in [2.24, 2.45) is 0 Å². The summed E-state index contributed by atoms with van der Waals surface area (Å²) >= 11 is 0. The van der Waals surface area contributed by atoms with Gasteiger partial charge in [-0.05, 0) is 49.6 Å². The molecule has 0 radical (unpaired) electrons. The molecule has 0 bridgehead atoms. The molecule has 2 atom stereocenters. The van der Waals surface area contributed by atoms with Gasteiger partial charge >= 0.3 is 0 Å². The van der Waals surface area contributed by atoms with Crippen LogP contribution < -0.4 is 14.4 Å². The van der Waals surface area contributed by atoms with Gasteiger partial charge in [0.05, 0.1) is 25.1 Å². The highest BCUT2D eigenvalue weighted by molar-refractivity contribution is 7.92. The number of sulfonamides is 1. The molecule has 0 spiro atoms. The molecule has 0 saturated carbocycles. The lowest BCUT2D eigenvalue weighted by Gasteiger charge is -2.30. The number of amides is 1. The number of carbonyl (C=O) groups is 1. The van der Waals surface area contributed by atoms with Crippen molar-refractivity contribution in [1.82, 2.24) is 5.32 Å². The Labute approximate surface area is 167 Å². The molecule has 0 aromatic heterocycles. The van der Waals surface area contributed by atoms with Crippen molar-refractivity contribution < 1.29 is 17.9 Å². The monoisotopic (exact) mass is 404 g/mol. The average Bonchev–Trinajstić information content (AvgIpc) is 2.65. The van der Waals surface area contributed by atoms with Crippen molar-refractivity contribution in [1.29, 1.82) is 0 Å². The molecule has 0 saturated heterocycles. The molecule has 0 aliphatic carbocycles. The van der Waals surface area contributed by atoms with Gasteiger partial charge in [-0.1, -0.05) is 37.3 Å². The predicted octanol–water partition coefficient (Wildman–Crippen LogP) is 3.43. The molecule has 7 heteroatoms. The first-order valence-electron chi connectivity index (χ1n) is 9.18. The van der Waals surface area contributed by atoms with Crippen LogP contribution in [0.1, 0.15) is 37.4 Å². The quantitative estimate of drug-likeness (QED) is 0.731. The summed E-state index contributed by atoms with van der Waals surface area (Å²) in [5, 5.41) is 2.98. The van der Waals surface area contributed by atoms with E-state index in [9.17, 15) is 13.2 Å². The Hall–Kier alpha value is -2.54. The lowest BCUT2D eigenvalue weighted by Crippen LogP contribution is -2.48. The van der Waals surface area contributed by atoms with Crippen LogP contribution in [-0.2, 0) is 14.8 Å². The van der Waals surface area contributed by atoms with Crippen molar-refractivity contribution in [3.8, 4) is 5.75 Å². The zero-order chi connectivity index (χ0) is 20.9. The number of nitrogens with one attached hydrogen (secondary N) is 1. The fourth-order valence-corrected chi connectivity index (χ4v) is 4.39. The van der Waals surface area contributed by atoms with E-state index in [2.05, 4.69) is 5.32 Å². The maximum Gasteiger partial charge on any atom is 0.244 e. The second-order valence-corrected chi connectivity index (χ2v) is 8.63. The third-order valence-corrected chi connectivity index (χ3v) is 5.89. The number of rotatable bonds is 8. The highest BCUT2D eigenvalue weighted by atomic mass is 32.2. The number of ether oxygens (including phenoxy) is 1. The van der Waals surface area contributed by atoms with E-state index >= 15 is 0 Å². The normalized spacial score (nSPS) is 13.5. The first kappa shape index (κ1) is 21.8. The topological polar surface area (TPSA) is 75.7 Å². The second kappa shape index (κ2) is 9.10. The maximum absolute atomic E-state index is 12.9. The molecule has 0 heterocycles. The molecule has 28 heavy (non-hydrogen) atoms. The van der Waals surface area contributed by atoms with Crippen molar-refractivity contribution in [2.75, 3.05) is 17.7 Å². The van der Waals surface area contributed by atoms with Gasteiger partial charge in [0, 0.05) is 0 Å². The zero-order valence-corrected chi connectivity index (χ0v) is 17.8. The molecular weight excluding hydrogens is 376 g/mol. The minimum atomic E-state index is -3.63. The fraction of sp³-hybridized carbons (Fsp3) is 0.381. The summed E-state index contributed by atoms with van der Waals surface area (Å²) in [5.74, 6) is 0.431. The lowest BCUT2D eigenvalue weighted by atomic mass is 10.0. The van der Waals surface area contributed by atoms with Crippen LogP contribution in [0.3, 0.4) is 0 Å². The Bertz CT molecular complexity index is 913. The molecule has 2 unspecified atom stereocenters. The lowest BCUT2D eigenvalue weighted by molar-refractivity contribution is -0.122. The molecule has 1 amide bonds. The third kappa shape index (κ3) is 5.04. The standard InChI is InChI=1S/C21H28N2O4S/c1-6-19(17-12-13-20(27-4)15(2)14-17)22-21(24)16(3)23(28(5,25)26)18-10-8-7-9-11-18/h7-14,16,19H,6H2,1-5H3,(H,22,24). The Morgan fingerprint density at radius 2 is 1.82 bits per heavy atom. The fourth-order valence-electron chi connectivity index (χ4n) is 3.22. The van der Waals surface area contributed by atoms with Gasteiger partial charge in [0.15, 0.2) is 0 Å². The van der Waals surface area contributed by atoms with E-state index in [1.165, 1.54) is 0 Å². The van der Waals surface area contributed by atoms with Gasteiger partial charge in [0.25, 0.3) is 0 Å². The summed E-state index contributed by atoms with van der Waals surface area (Å²) in [4.78, 5) is 12.9. The molecule has 0 aliphatic rings. The molecule has 1 N–H and O–H groups in total. The van der Waals surface area contributed by atoms with Gasteiger partial charge in [-0.2, -0.15) is 0 Å². The summed E-state index contributed by atoms with van der Waals surface area (Å²) in [6, 6.07) is 13.3. The number of methoxy groups -OCH3 is 1. The number of aryl methyl sites for hydroxylation is 1. The molecule has 152 valence electrons. The smallest absolute Gasteiger partial charge is 0.244 e. The van der Waals surface area contributed by atoms with Crippen LogP contribution in [-0.4, -0.2) is 33.7 Å². The highest BCUT2D eigenvalue weighted by Gasteiger charge is 2.30. The first-order valence-corrected chi connectivity index (χ1v) is 11.0. The minimum absolute atomic E-state index is 0.225. The molecule has 2 rings (SSSR count). The van der Waals surface area contributed by atoms with Crippen LogP contribution in [0.2, 0.25) is 0 Å². The van der Waals surface area contributed by atoms with Gasteiger partial charge in [-0.25, -0.2) is 8.42 Å². The van der Waals surface area contributed by atoms with Crippen LogP contribution in [0.25, 0.3) is 0 Å². The first-order chi connectivity index (χ1) is 13.2. The van der Waals surface area contributed by atoms with Crippen LogP contribution in [0, 0.1) is 6.92 Å². The van der Waals surface area contributed by atoms with Crippen LogP contribution >= 0.6 is 0 Å². The predicted molar refractivity (Wildman–Crippen MR) is 112 cm³/mol. The molecule has 0 aliphatic heterocycles. The van der Waals surface area contributed by atoms with E-state index in [4.69, 9.17) is 4.74 Å². The number of anilines is 1. The summed E-state index contributed by atoms with van der Waals surface area (Å²) < 4.78 is 31.1. The molecule has 6 nitrogen and oxygen atoms in total. The number of para-hydroxylation sites is 1. The zero-order valence-electron chi connectivity index (χ0n) is 17.0. The Kier molecular flexibility index (Phi) is 7.07. The van der Waals surface area contributed by atoms with Gasteiger partial charge < -0.3 is 10.1 Å². The number of nitrogens with zero attached hydrogens (tertiary/aromatic N) is 1. The third-order valence-electron chi connectivity index (χ3n) is 4.65. The molecule has 2 aromatic carbocycles. The number of hydrogen-bond acceptors (Lipinski definition) is 4. The highest BCUT2D eigenvalue weighted by Crippen LogP contribution is 2.25.